The second-order valence-corrected chi connectivity index (χ2v) is 5.43. The number of hydrogen-bond acceptors (Lipinski definition) is 4. The van der Waals surface area contributed by atoms with E-state index in [1.54, 1.807) is 7.11 Å². The SMILES string of the molecule is COc1c(Br)cc(C(N)CO)cc1OCC1CC1. The fraction of sp³-hybridized carbons (Fsp3) is 0.538. The van der Waals surface area contributed by atoms with Crippen LogP contribution in [0.1, 0.15) is 24.4 Å². The van der Waals surface area contributed by atoms with Crippen molar-refractivity contribution < 1.29 is 14.6 Å². The van der Waals surface area contributed by atoms with Crippen LogP contribution in [0.5, 0.6) is 11.5 Å². The molecule has 1 aromatic carbocycles. The summed E-state index contributed by atoms with van der Waals surface area (Å²) >= 11 is 3.44. The zero-order valence-corrected chi connectivity index (χ0v) is 11.9. The van der Waals surface area contributed by atoms with E-state index < -0.39 is 6.04 Å². The lowest BCUT2D eigenvalue weighted by Crippen LogP contribution is -2.15. The molecular formula is C13H18BrNO3. The summed E-state index contributed by atoms with van der Waals surface area (Å²) in [5, 5.41) is 9.11. The van der Waals surface area contributed by atoms with Gasteiger partial charge in [-0.05, 0) is 52.4 Å². The van der Waals surface area contributed by atoms with Crippen LogP contribution in [0.2, 0.25) is 0 Å². The van der Waals surface area contributed by atoms with Crippen LogP contribution >= 0.6 is 15.9 Å². The number of nitrogens with two attached hydrogens (primary N) is 1. The van der Waals surface area contributed by atoms with E-state index >= 15 is 0 Å². The Hall–Kier alpha value is -0.780. The second kappa shape index (κ2) is 5.91. The first-order valence-electron chi connectivity index (χ1n) is 6.02. The van der Waals surface area contributed by atoms with Crippen molar-refractivity contribution in [3.8, 4) is 11.5 Å². The van der Waals surface area contributed by atoms with E-state index in [-0.39, 0.29) is 6.61 Å². The monoisotopic (exact) mass is 315 g/mol. The maximum Gasteiger partial charge on any atom is 0.174 e. The summed E-state index contributed by atoms with van der Waals surface area (Å²) in [6, 6.07) is 3.28. The van der Waals surface area contributed by atoms with Gasteiger partial charge in [0.15, 0.2) is 11.5 Å². The molecule has 2 rings (SSSR count). The van der Waals surface area contributed by atoms with Crippen LogP contribution in [0.3, 0.4) is 0 Å². The molecule has 0 aromatic heterocycles. The van der Waals surface area contributed by atoms with Gasteiger partial charge in [-0.25, -0.2) is 0 Å². The highest BCUT2D eigenvalue weighted by Crippen LogP contribution is 2.39. The quantitative estimate of drug-likeness (QED) is 0.845. The molecule has 1 aliphatic carbocycles. The van der Waals surface area contributed by atoms with Gasteiger partial charge in [0.25, 0.3) is 0 Å². The molecule has 4 nitrogen and oxygen atoms in total. The minimum atomic E-state index is -0.407. The van der Waals surface area contributed by atoms with Crippen molar-refractivity contribution >= 4 is 15.9 Å². The smallest absolute Gasteiger partial charge is 0.174 e. The maximum atomic E-state index is 9.11. The highest BCUT2D eigenvalue weighted by Gasteiger charge is 2.23. The maximum absolute atomic E-state index is 9.11. The molecule has 0 amide bonds. The minimum absolute atomic E-state index is 0.0964. The van der Waals surface area contributed by atoms with Gasteiger partial charge in [0.1, 0.15) is 0 Å². The molecule has 3 N–H and O–H groups in total. The van der Waals surface area contributed by atoms with E-state index in [9.17, 15) is 0 Å². The van der Waals surface area contributed by atoms with Crippen LogP contribution in [0, 0.1) is 5.92 Å². The molecular weight excluding hydrogens is 298 g/mol. The van der Waals surface area contributed by atoms with Crippen LogP contribution in [0.15, 0.2) is 16.6 Å². The molecule has 1 atom stereocenters. The van der Waals surface area contributed by atoms with E-state index in [1.165, 1.54) is 12.8 Å². The standard InChI is InChI=1S/C13H18BrNO3/c1-17-13-10(14)4-9(11(15)6-16)5-12(13)18-7-8-2-3-8/h4-5,8,11,16H,2-3,6-7,15H2,1H3. The summed E-state index contributed by atoms with van der Waals surface area (Å²) in [7, 11) is 1.61. The number of benzene rings is 1. The van der Waals surface area contributed by atoms with Gasteiger partial charge in [-0.1, -0.05) is 0 Å². The number of hydrogen-bond donors (Lipinski definition) is 2. The molecule has 0 spiro atoms. The third kappa shape index (κ3) is 3.16. The number of ether oxygens (including phenoxy) is 2. The lowest BCUT2D eigenvalue weighted by molar-refractivity contribution is 0.264. The van der Waals surface area contributed by atoms with Crippen LogP contribution in [-0.2, 0) is 0 Å². The molecule has 5 heteroatoms. The first-order chi connectivity index (χ1) is 8.65. The lowest BCUT2D eigenvalue weighted by atomic mass is 10.1. The fourth-order valence-electron chi connectivity index (χ4n) is 1.71. The van der Waals surface area contributed by atoms with Gasteiger partial charge in [-0.2, -0.15) is 0 Å². The molecule has 1 saturated carbocycles. The van der Waals surface area contributed by atoms with Gasteiger partial charge < -0.3 is 20.3 Å². The summed E-state index contributed by atoms with van der Waals surface area (Å²) in [6.07, 6.45) is 2.47. The first-order valence-corrected chi connectivity index (χ1v) is 6.81. The Balaban J connectivity index is 2.23. The third-order valence-electron chi connectivity index (χ3n) is 3.03. The van der Waals surface area contributed by atoms with Gasteiger partial charge in [-0.15, -0.1) is 0 Å². The summed E-state index contributed by atoms with van der Waals surface area (Å²) < 4.78 is 11.9. The average molecular weight is 316 g/mol. The number of methoxy groups -OCH3 is 1. The minimum Gasteiger partial charge on any atom is -0.492 e. The Morgan fingerprint density at radius 3 is 2.78 bits per heavy atom. The lowest BCUT2D eigenvalue weighted by Gasteiger charge is -2.16. The zero-order valence-electron chi connectivity index (χ0n) is 10.4. The highest BCUT2D eigenvalue weighted by molar-refractivity contribution is 9.10. The first kappa shape index (κ1) is 13.6. The Labute approximate surface area is 115 Å². The third-order valence-corrected chi connectivity index (χ3v) is 3.62. The van der Waals surface area contributed by atoms with E-state index in [2.05, 4.69) is 15.9 Å². The molecule has 1 unspecified atom stereocenters. The van der Waals surface area contributed by atoms with E-state index in [0.717, 1.165) is 10.0 Å². The Morgan fingerprint density at radius 2 is 2.22 bits per heavy atom. The number of rotatable bonds is 6. The van der Waals surface area contributed by atoms with Crippen LogP contribution < -0.4 is 15.2 Å². The topological polar surface area (TPSA) is 64.7 Å². The number of aliphatic hydroxyl groups is 1. The second-order valence-electron chi connectivity index (χ2n) is 4.58. The molecule has 18 heavy (non-hydrogen) atoms. The van der Waals surface area contributed by atoms with Crippen molar-refractivity contribution in [1.29, 1.82) is 0 Å². The fourth-order valence-corrected chi connectivity index (χ4v) is 2.33. The zero-order chi connectivity index (χ0) is 13.1. The molecule has 0 aliphatic heterocycles. The summed E-state index contributed by atoms with van der Waals surface area (Å²) in [6.45, 7) is 0.613. The Morgan fingerprint density at radius 1 is 1.50 bits per heavy atom. The Bertz CT molecular complexity index is 421. The molecule has 1 aromatic rings. The molecule has 0 bridgehead atoms. The highest BCUT2D eigenvalue weighted by atomic mass is 79.9. The van der Waals surface area contributed by atoms with E-state index in [1.807, 2.05) is 12.1 Å². The van der Waals surface area contributed by atoms with Crippen molar-refractivity contribution in [2.45, 2.75) is 18.9 Å². The van der Waals surface area contributed by atoms with Crippen LogP contribution in [0.4, 0.5) is 0 Å². The summed E-state index contributed by atoms with van der Waals surface area (Å²) in [4.78, 5) is 0. The van der Waals surface area contributed by atoms with Gasteiger partial charge >= 0.3 is 0 Å². The predicted molar refractivity (Wildman–Crippen MR) is 72.9 cm³/mol. The van der Waals surface area contributed by atoms with Gasteiger partial charge in [0.2, 0.25) is 0 Å². The van der Waals surface area contributed by atoms with Gasteiger partial charge in [0, 0.05) is 0 Å². The summed E-state index contributed by atoms with van der Waals surface area (Å²) in [5.74, 6) is 2.02. The molecule has 0 radical (unpaired) electrons. The number of aliphatic hydroxyl groups excluding tert-OH is 1. The molecule has 1 fully saturated rings. The Kier molecular flexibility index (Phi) is 4.48. The number of halogens is 1. The van der Waals surface area contributed by atoms with E-state index in [4.69, 9.17) is 20.3 Å². The van der Waals surface area contributed by atoms with Crippen LogP contribution in [0.25, 0.3) is 0 Å². The molecule has 100 valence electrons. The molecule has 0 heterocycles. The summed E-state index contributed by atoms with van der Waals surface area (Å²) in [5.41, 5.74) is 6.65. The van der Waals surface area contributed by atoms with Crippen molar-refractivity contribution in [2.75, 3.05) is 20.3 Å². The normalized spacial score (nSPS) is 16.4. The average Bonchev–Trinajstić information content (AvgIpc) is 3.18. The molecule has 1 aliphatic rings. The van der Waals surface area contributed by atoms with Gasteiger partial charge in [0.05, 0.1) is 30.8 Å². The van der Waals surface area contributed by atoms with Crippen molar-refractivity contribution in [2.24, 2.45) is 11.7 Å². The largest absolute Gasteiger partial charge is 0.492 e. The van der Waals surface area contributed by atoms with E-state index in [0.29, 0.717) is 24.0 Å². The van der Waals surface area contributed by atoms with Crippen molar-refractivity contribution in [1.82, 2.24) is 0 Å². The molecule has 0 saturated heterocycles. The van der Waals surface area contributed by atoms with Crippen LogP contribution in [-0.4, -0.2) is 25.4 Å². The van der Waals surface area contributed by atoms with Crippen molar-refractivity contribution in [3.63, 3.8) is 0 Å². The predicted octanol–water partition coefficient (Wildman–Crippen LogP) is 2.24. The van der Waals surface area contributed by atoms with Gasteiger partial charge in [-0.3, -0.25) is 0 Å². The van der Waals surface area contributed by atoms with Crippen molar-refractivity contribution in [3.05, 3.63) is 22.2 Å².